The summed E-state index contributed by atoms with van der Waals surface area (Å²) in [6, 6.07) is 0. The Morgan fingerprint density at radius 3 is 0.675 bits per heavy atom. The van der Waals surface area contributed by atoms with Gasteiger partial charge in [0.05, 0.1) is 11.8 Å². The zero-order valence-electron chi connectivity index (χ0n) is 68.3. The molecular weight excluding hydrogens is 1000 g/mol. The Kier molecular flexibility index (Phi) is 94.2. The Bertz CT molecular complexity index is 1110. The van der Waals surface area contributed by atoms with Gasteiger partial charge in [-0.25, -0.2) is 0 Å². The van der Waals surface area contributed by atoms with Crippen molar-refractivity contribution in [3.8, 4) is 0 Å². The van der Waals surface area contributed by atoms with Crippen LogP contribution >= 0.6 is 0 Å². The molecule has 1 fully saturated rings. The molecule has 1 aliphatic rings. The number of hydrogen-bond donors (Lipinski definition) is 0. The molecule has 4 atom stereocenters. The second kappa shape index (κ2) is 78.6. The lowest BCUT2D eigenvalue weighted by Gasteiger charge is -2.15. The smallest absolute Gasteiger partial charge is 0.171 e. The quantitative estimate of drug-likeness (QED) is 0.171. The minimum Gasteiger partial charge on any atom is -0.171 e. The highest BCUT2D eigenvalue weighted by Crippen LogP contribution is 2.35. The summed E-state index contributed by atoms with van der Waals surface area (Å²) in [4.78, 5) is 0. The predicted molar refractivity (Wildman–Crippen MR) is 369 cm³/mol. The van der Waals surface area contributed by atoms with Crippen molar-refractivity contribution in [1.82, 2.24) is 0 Å². The van der Waals surface area contributed by atoms with Gasteiger partial charge in [0.1, 0.15) is 0 Å². The van der Waals surface area contributed by atoms with Crippen LogP contribution in [0.4, 0.5) is 26.3 Å². The second-order valence-corrected chi connectivity index (χ2v) is 27.6. The molecule has 80 heavy (non-hydrogen) atoms. The first-order valence-electron chi connectivity index (χ1n) is 35.8. The van der Waals surface area contributed by atoms with Crippen LogP contribution in [-0.4, -0.2) is 12.4 Å². The molecule has 0 nitrogen and oxygen atoms in total. The lowest BCUT2D eigenvalue weighted by Crippen LogP contribution is -2.19. The summed E-state index contributed by atoms with van der Waals surface area (Å²) < 4.78 is 104. The predicted octanol–water partition coefficient (Wildman–Crippen LogP) is 31.4. The minimum atomic E-state index is -3.99. The van der Waals surface area contributed by atoms with Crippen molar-refractivity contribution < 1.29 is 33.2 Å². The first-order chi connectivity index (χ1) is 37.6. The van der Waals surface area contributed by atoms with Crippen molar-refractivity contribution in [1.29, 1.82) is 0 Å². The topological polar surface area (TPSA) is 0 Å². The van der Waals surface area contributed by atoms with Crippen LogP contribution in [0.25, 0.3) is 0 Å². The van der Waals surface area contributed by atoms with Gasteiger partial charge in [-0.1, -0.05) is 379 Å². The summed E-state index contributed by atoms with van der Waals surface area (Å²) in [7, 11) is 0. The standard InChI is InChI=1S/C8H16.2C7H16.C6H11F3.2C6H14.C5H9F3.2C5H12.4C4H10.C3H8/c1-6-4-5-7(2)8(6)3;2*1-5-6-7(2,3)4;1-3-4-5(2)6(7,8)9;1-5-6(2,3)4;1-4-5-6(2)3;1-3-4(2)5(6,7)8;1-4-5(2)3;1-3-5-4-2;2*1-4(2)3;2*1-3-4-2;1-3-2/h6-8H,4-5H2,1-3H3;2*5-6H2,1-4H3;5H,3-4H2,1-2H3;5H2,1-4H3;6H,4-5H2,1-3H3;4H,3H2,1-2H3;5H,4H2,1-3H3;3-5H2,1-2H3;2*4H,1-3H3;2*3-4H2,1-2H3;3H2,1-2H3/i;;;;5D2;;;;;4D;;3D2;;. The lowest BCUT2D eigenvalue weighted by atomic mass is 9.91. The van der Waals surface area contributed by atoms with E-state index in [-0.39, 0.29) is 24.2 Å². The molecule has 0 radical (unpaired) electrons. The van der Waals surface area contributed by atoms with Gasteiger partial charge in [0.15, 0.2) is 0 Å². The van der Waals surface area contributed by atoms with Gasteiger partial charge in [-0.05, 0) is 83.3 Å². The third-order valence-corrected chi connectivity index (χ3v) is 11.3. The van der Waals surface area contributed by atoms with Crippen LogP contribution in [0.15, 0.2) is 0 Å². The SMILES string of the molecule is CC(C)C.CC1CCC(C)C1C.CCC.CCC(C)C.CCC(C)C(F)(F)F.CCCC.CCCC(C)(C)C.CCCC(C)(C)C.CCCC(C)C.CCCC(C)C(F)(F)F.CCCCC.[2H]C(C)(C)C.[2H]C([2H])(C)C(C)(C)C.[2H]C([2H])(C)CC. The van der Waals surface area contributed by atoms with Crippen LogP contribution in [0.3, 0.4) is 0 Å². The van der Waals surface area contributed by atoms with Crippen LogP contribution in [-0.2, 0) is 0 Å². The van der Waals surface area contributed by atoms with E-state index in [1.165, 1.54) is 117 Å². The maximum atomic E-state index is 11.6. The van der Waals surface area contributed by atoms with E-state index in [4.69, 9.17) is 6.85 Å². The molecule has 1 aliphatic carbocycles. The van der Waals surface area contributed by atoms with Gasteiger partial charge >= 0.3 is 12.4 Å². The molecule has 0 aromatic rings. The van der Waals surface area contributed by atoms with E-state index in [2.05, 4.69) is 180 Å². The molecular formula is C74H168F6. The van der Waals surface area contributed by atoms with Gasteiger partial charge in [0.25, 0.3) is 0 Å². The lowest BCUT2D eigenvalue weighted by molar-refractivity contribution is -0.171. The molecule has 0 N–H and O–H groups in total. The van der Waals surface area contributed by atoms with Crippen LogP contribution in [0.1, 0.15) is 412 Å². The van der Waals surface area contributed by atoms with Gasteiger partial charge in [-0.2, -0.15) is 26.3 Å². The maximum Gasteiger partial charge on any atom is 0.391 e. The third-order valence-electron chi connectivity index (χ3n) is 11.3. The molecule has 1 saturated carbocycles. The number of alkyl halides is 6. The van der Waals surface area contributed by atoms with Crippen LogP contribution in [0, 0.1) is 69.5 Å². The van der Waals surface area contributed by atoms with E-state index in [1.54, 1.807) is 20.8 Å². The van der Waals surface area contributed by atoms with Crippen molar-refractivity contribution in [2.75, 3.05) is 0 Å². The highest BCUT2D eigenvalue weighted by molar-refractivity contribution is 4.76. The number of unbranched alkanes of at least 4 members (excludes halogenated alkanes) is 3. The van der Waals surface area contributed by atoms with E-state index in [1.807, 2.05) is 48.5 Å². The van der Waals surface area contributed by atoms with Gasteiger partial charge in [-0.3, -0.25) is 0 Å². The number of hydrogen-bond acceptors (Lipinski definition) is 0. The zero-order valence-corrected chi connectivity index (χ0v) is 63.3. The summed E-state index contributed by atoms with van der Waals surface area (Å²) in [6.45, 7) is 80.1. The van der Waals surface area contributed by atoms with Crippen molar-refractivity contribution in [2.45, 2.75) is 417 Å². The van der Waals surface area contributed by atoms with Gasteiger partial charge in [-0.15, -0.1) is 0 Å². The molecule has 0 saturated heterocycles. The number of halogens is 6. The minimum absolute atomic E-state index is 0.170. The van der Waals surface area contributed by atoms with Crippen LogP contribution in [0.5, 0.6) is 0 Å². The first kappa shape index (κ1) is 95.9. The van der Waals surface area contributed by atoms with E-state index < -0.39 is 36.9 Å². The monoisotopic (exact) mass is 1180 g/mol. The fourth-order valence-electron chi connectivity index (χ4n) is 4.87. The Morgan fingerprint density at radius 2 is 0.650 bits per heavy atom. The molecule has 0 spiro atoms. The highest BCUT2D eigenvalue weighted by atomic mass is 19.4. The van der Waals surface area contributed by atoms with Gasteiger partial charge < -0.3 is 0 Å². The molecule has 506 valence electrons. The molecule has 0 bridgehead atoms. The maximum absolute atomic E-state index is 11.6. The van der Waals surface area contributed by atoms with Gasteiger partial charge in [0, 0.05) is 6.85 Å². The number of rotatable bonds is 12. The van der Waals surface area contributed by atoms with E-state index in [9.17, 15) is 26.3 Å². The second-order valence-electron chi connectivity index (χ2n) is 27.6. The van der Waals surface area contributed by atoms with Gasteiger partial charge in [0.2, 0.25) is 0 Å². The first-order valence-corrected chi connectivity index (χ1v) is 33.3. The molecule has 0 aliphatic heterocycles. The molecule has 6 heteroatoms. The highest BCUT2D eigenvalue weighted by Gasteiger charge is 2.35. The fourth-order valence-corrected chi connectivity index (χ4v) is 4.87. The Morgan fingerprint density at radius 1 is 0.400 bits per heavy atom. The van der Waals surface area contributed by atoms with E-state index >= 15 is 0 Å². The van der Waals surface area contributed by atoms with Crippen molar-refractivity contribution in [2.24, 2.45) is 69.5 Å². The van der Waals surface area contributed by atoms with E-state index in [0.717, 1.165) is 35.5 Å². The summed E-state index contributed by atoms with van der Waals surface area (Å²) in [6.07, 6.45) is 11.8. The fraction of sp³-hybridized carbons (Fsp3) is 1.00. The van der Waals surface area contributed by atoms with Crippen LogP contribution < -0.4 is 0 Å². The van der Waals surface area contributed by atoms with Crippen LogP contribution in [0.2, 0.25) is 0 Å². The summed E-state index contributed by atoms with van der Waals surface area (Å²) in [5.41, 5.74) is 0.872. The molecule has 4 unspecified atom stereocenters. The normalized spacial score (nSPS) is 16.3. The molecule has 0 heterocycles. The summed E-state index contributed by atoms with van der Waals surface area (Å²) in [5, 5.41) is 0. The molecule has 0 amide bonds. The third kappa shape index (κ3) is 185. The van der Waals surface area contributed by atoms with Crippen molar-refractivity contribution in [3.63, 3.8) is 0 Å². The Hall–Kier alpha value is -0.420. The van der Waals surface area contributed by atoms with Crippen molar-refractivity contribution in [3.05, 3.63) is 0 Å². The Balaban J connectivity index is -0.0000000602. The van der Waals surface area contributed by atoms with E-state index in [0.29, 0.717) is 23.7 Å². The summed E-state index contributed by atoms with van der Waals surface area (Å²) in [5.74, 6) is 3.04. The molecule has 1 rings (SSSR count). The zero-order chi connectivity index (χ0) is 72.1. The molecule has 0 aromatic heterocycles. The molecule has 0 aromatic carbocycles. The average Bonchev–Trinajstić information content (AvgIpc) is 3.58. The largest absolute Gasteiger partial charge is 0.391 e. The Labute approximate surface area is 517 Å². The summed E-state index contributed by atoms with van der Waals surface area (Å²) >= 11 is 0. The average molecular weight is 1180 g/mol. The van der Waals surface area contributed by atoms with Crippen molar-refractivity contribution >= 4 is 0 Å².